The molecule has 1 heterocycles. The van der Waals surface area contributed by atoms with E-state index in [1.54, 1.807) is 25.3 Å². The summed E-state index contributed by atoms with van der Waals surface area (Å²) in [6, 6.07) is 7.27. The Morgan fingerprint density at radius 2 is 2.07 bits per heavy atom. The monoisotopic (exact) mass is 205 g/mol. The van der Waals surface area contributed by atoms with Gasteiger partial charge in [-0.1, -0.05) is 29.8 Å². The van der Waals surface area contributed by atoms with Gasteiger partial charge in [-0.2, -0.15) is 0 Å². The van der Waals surface area contributed by atoms with Gasteiger partial charge in [-0.25, -0.2) is 4.98 Å². The van der Waals surface area contributed by atoms with Crippen LogP contribution in [0.2, 0.25) is 5.15 Å². The van der Waals surface area contributed by atoms with Crippen molar-refractivity contribution in [3.63, 3.8) is 0 Å². The second kappa shape index (κ2) is 3.39. The SMILES string of the molecule is CC(=O)c1cccc2c(Cl)nccc12. The van der Waals surface area contributed by atoms with Crippen molar-refractivity contribution in [2.75, 3.05) is 0 Å². The fourth-order valence-corrected chi connectivity index (χ4v) is 1.70. The first-order valence-electron chi connectivity index (χ1n) is 4.24. The molecule has 2 aromatic rings. The number of carbonyl (C=O) groups is 1. The Kier molecular flexibility index (Phi) is 2.22. The van der Waals surface area contributed by atoms with Crippen molar-refractivity contribution in [2.24, 2.45) is 0 Å². The smallest absolute Gasteiger partial charge is 0.160 e. The average molecular weight is 206 g/mol. The Balaban J connectivity index is 2.88. The van der Waals surface area contributed by atoms with E-state index in [4.69, 9.17) is 11.6 Å². The summed E-state index contributed by atoms with van der Waals surface area (Å²) in [5.74, 6) is 0.0397. The average Bonchev–Trinajstić information content (AvgIpc) is 2.17. The van der Waals surface area contributed by atoms with Crippen LogP contribution in [0.4, 0.5) is 0 Å². The number of aromatic nitrogens is 1. The molecule has 0 N–H and O–H groups in total. The number of halogens is 1. The molecule has 70 valence electrons. The van der Waals surface area contributed by atoms with Gasteiger partial charge in [0.1, 0.15) is 5.15 Å². The Morgan fingerprint density at radius 3 is 2.79 bits per heavy atom. The molecule has 0 spiro atoms. The summed E-state index contributed by atoms with van der Waals surface area (Å²) in [5.41, 5.74) is 0.687. The van der Waals surface area contributed by atoms with Crippen LogP contribution in [0.1, 0.15) is 17.3 Å². The first-order chi connectivity index (χ1) is 6.70. The topological polar surface area (TPSA) is 30.0 Å². The van der Waals surface area contributed by atoms with Crippen LogP contribution in [0.15, 0.2) is 30.5 Å². The zero-order valence-electron chi connectivity index (χ0n) is 7.62. The fraction of sp³-hybridized carbons (Fsp3) is 0.0909. The van der Waals surface area contributed by atoms with Crippen LogP contribution in [-0.2, 0) is 0 Å². The van der Waals surface area contributed by atoms with Gasteiger partial charge >= 0.3 is 0 Å². The fourth-order valence-electron chi connectivity index (χ4n) is 1.48. The maximum atomic E-state index is 11.3. The lowest BCUT2D eigenvalue weighted by molar-refractivity contribution is 0.101. The molecule has 3 heteroatoms. The zero-order chi connectivity index (χ0) is 10.1. The van der Waals surface area contributed by atoms with E-state index in [1.165, 1.54) is 0 Å². The number of rotatable bonds is 1. The second-order valence-electron chi connectivity index (χ2n) is 3.06. The molecular formula is C11H8ClNO. The normalized spacial score (nSPS) is 10.4. The number of benzene rings is 1. The van der Waals surface area contributed by atoms with Crippen LogP contribution >= 0.6 is 11.6 Å². The van der Waals surface area contributed by atoms with E-state index in [0.717, 1.165) is 10.8 Å². The molecule has 0 aliphatic carbocycles. The molecule has 0 unspecified atom stereocenters. The van der Waals surface area contributed by atoms with Crippen molar-refractivity contribution in [3.8, 4) is 0 Å². The van der Waals surface area contributed by atoms with Crippen LogP contribution < -0.4 is 0 Å². The predicted octanol–water partition coefficient (Wildman–Crippen LogP) is 3.09. The third-order valence-corrected chi connectivity index (χ3v) is 2.44. The van der Waals surface area contributed by atoms with E-state index < -0.39 is 0 Å². The van der Waals surface area contributed by atoms with Crippen LogP contribution in [-0.4, -0.2) is 10.8 Å². The zero-order valence-corrected chi connectivity index (χ0v) is 8.38. The summed E-state index contributed by atoms with van der Waals surface area (Å²) >= 11 is 5.91. The van der Waals surface area contributed by atoms with E-state index in [-0.39, 0.29) is 5.78 Å². The molecule has 0 amide bonds. The van der Waals surface area contributed by atoms with Gasteiger partial charge in [0.15, 0.2) is 5.78 Å². The van der Waals surface area contributed by atoms with E-state index >= 15 is 0 Å². The number of carbonyl (C=O) groups excluding carboxylic acids is 1. The molecule has 0 fully saturated rings. The van der Waals surface area contributed by atoms with Crippen molar-refractivity contribution in [3.05, 3.63) is 41.2 Å². The van der Waals surface area contributed by atoms with E-state index in [2.05, 4.69) is 4.98 Å². The van der Waals surface area contributed by atoms with Gasteiger partial charge in [0.2, 0.25) is 0 Å². The standard InChI is InChI=1S/C11H8ClNO/c1-7(14)8-3-2-4-10-9(8)5-6-13-11(10)12/h2-6H,1H3. The van der Waals surface area contributed by atoms with Crippen molar-refractivity contribution in [1.82, 2.24) is 4.98 Å². The Labute approximate surface area is 86.5 Å². The molecule has 2 nitrogen and oxygen atoms in total. The minimum atomic E-state index is 0.0397. The van der Waals surface area contributed by atoms with E-state index in [0.29, 0.717) is 10.7 Å². The van der Waals surface area contributed by atoms with Gasteiger partial charge in [-0.15, -0.1) is 0 Å². The molecular weight excluding hydrogens is 198 g/mol. The number of nitrogens with zero attached hydrogens (tertiary/aromatic N) is 1. The van der Waals surface area contributed by atoms with E-state index in [9.17, 15) is 4.79 Å². The van der Waals surface area contributed by atoms with Gasteiger partial charge < -0.3 is 0 Å². The van der Waals surface area contributed by atoms with Gasteiger partial charge in [0, 0.05) is 17.1 Å². The summed E-state index contributed by atoms with van der Waals surface area (Å²) in [4.78, 5) is 15.3. The summed E-state index contributed by atoms with van der Waals surface area (Å²) in [5, 5.41) is 2.12. The molecule has 0 bridgehead atoms. The summed E-state index contributed by atoms with van der Waals surface area (Å²) in [7, 11) is 0. The van der Waals surface area contributed by atoms with Gasteiger partial charge in [0.25, 0.3) is 0 Å². The Morgan fingerprint density at radius 1 is 1.29 bits per heavy atom. The summed E-state index contributed by atoms with van der Waals surface area (Å²) < 4.78 is 0. The molecule has 2 rings (SSSR count). The van der Waals surface area contributed by atoms with Crippen molar-refractivity contribution in [1.29, 1.82) is 0 Å². The molecule has 0 saturated carbocycles. The lowest BCUT2D eigenvalue weighted by Crippen LogP contribution is -1.93. The highest BCUT2D eigenvalue weighted by molar-refractivity contribution is 6.34. The quantitative estimate of drug-likeness (QED) is 0.529. The van der Waals surface area contributed by atoms with Crippen LogP contribution in [0.3, 0.4) is 0 Å². The summed E-state index contributed by atoms with van der Waals surface area (Å²) in [6.07, 6.45) is 1.61. The third kappa shape index (κ3) is 1.38. The number of fused-ring (bicyclic) bond motifs is 1. The van der Waals surface area contributed by atoms with Gasteiger partial charge in [-0.3, -0.25) is 4.79 Å². The first kappa shape index (κ1) is 9.16. The van der Waals surface area contributed by atoms with Crippen molar-refractivity contribution < 1.29 is 4.79 Å². The number of hydrogen-bond acceptors (Lipinski definition) is 2. The molecule has 0 aliphatic heterocycles. The number of Topliss-reactive ketones (excluding diaryl/α,β-unsaturated/α-hetero) is 1. The van der Waals surface area contributed by atoms with E-state index in [1.807, 2.05) is 12.1 Å². The number of pyridine rings is 1. The molecule has 1 aromatic heterocycles. The highest BCUT2D eigenvalue weighted by Crippen LogP contribution is 2.23. The molecule has 0 aliphatic rings. The highest BCUT2D eigenvalue weighted by Gasteiger charge is 2.06. The highest BCUT2D eigenvalue weighted by atomic mass is 35.5. The second-order valence-corrected chi connectivity index (χ2v) is 3.42. The van der Waals surface area contributed by atoms with Crippen LogP contribution in [0.25, 0.3) is 10.8 Å². The van der Waals surface area contributed by atoms with Gasteiger partial charge in [0.05, 0.1) is 0 Å². The maximum absolute atomic E-state index is 11.3. The molecule has 0 saturated heterocycles. The lowest BCUT2D eigenvalue weighted by Gasteiger charge is -2.03. The van der Waals surface area contributed by atoms with Crippen LogP contribution in [0.5, 0.6) is 0 Å². The molecule has 14 heavy (non-hydrogen) atoms. The Hall–Kier alpha value is -1.41. The number of ketones is 1. The van der Waals surface area contributed by atoms with Crippen molar-refractivity contribution >= 4 is 28.2 Å². The molecule has 0 atom stereocenters. The maximum Gasteiger partial charge on any atom is 0.160 e. The minimum Gasteiger partial charge on any atom is -0.294 e. The van der Waals surface area contributed by atoms with Crippen molar-refractivity contribution in [2.45, 2.75) is 6.92 Å². The minimum absolute atomic E-state index is 0.0397. The van der Waals surface area contributed by atoms with Crippen LogP contribution in [0, 0.1) is 0 Å². The third-order valence-electron chi connectivity index (χ3n) is 2.14. The molecule has 0 radical (unpaired) electrons. The molecule has 1 aromatic carbocycles. The summed E-state index contributed by atoms with van der Waals surface area (Å²) in [6.45, 7) is 1.54. The number of hydrogen-bond donors (Lipinski definition) is 0. The first-order valence-corrected chi connectivity index (χ1v) is 4.62. The Bertz CT molecular complexity index is 508. The largest absolute Gasteiger partial charge is 0.294 e. The van der Waals surface area contributed by atoms with Gasteiger partial charge in [-0.05, 0) is 18.4 Å². The predicted molar refractivity (Wildman–Crippen MR) is 56.8 cm³/mol. The lowest BCUT2D eigenvalue weighted by atomic mass is 10.0.